The van der Waals surface area contributed by atoms with E-state index in [0.29, 0.717) is 18.1 Å². The highest BCUT2D eigenvalue weighted by Gasteiger charge is 2.35. The summed E-state index contributed by atoms with van der Waals surface area (Å²) < 4.78 is 15.2. The maximum absolute atomic E-state index is 12.1. The molecule has 0 saturated carbocycles. The molecule has 1 rings (SSSR count). The Hall–Kier alpha value is -2.18. The van der Waals surface area contributed by atoms with Crippen molar-refractivity contribution in [1.82, 2.24) is 9.97 Å². The SMILES string of the molecule is CCOC(=O)C(C(=O)OCC)c1ncnc(OCC)c1C. The molecular formula is C14H20N2O5. The average molecular weight is 296 g/mol. The minimum Gasteiger partial charge on any atom is -0.478 e. The van der Waals surface area contributed by atoms with E-state index >= 15 is 0 Å². The summed E-state index contributed by atoms with van der Waals surface area (Å²) in [6.45, 7) is 7.58. The second-order valence-electron chi connectivity index (χ2n) is 4.06. The lowest BCUT2D eigenvalue weighted by Gasteiger charge is -2.16. The second kappa shape index (κ2) is 8.18. The maximum atomic E-state index is 12.1. The third-order valence-corrected chi connectivity index (χ3v) is 2.68. The molecule has 1 heterocycles. The lowest BCUT2D eigenvalue weighted by atomic mass is 10.0. The zero-order valence-electron chi connectivity index (χ0n) is 12.7. The minimum absolute atomic E-state index is 0.164. The summed E-state index contributed by atoms with van der Waals surface area (Å²) in [4.78, 5) is 32.1. The van der Waals surface area contributed by atoms with Crippen LogP contribution in [-0.2, 0) is 19.1 Å². The Morgan fingerprint density at radius 3 is 2.10 bits per heavy atom. The molecule has 7 nitrogen and oxygen atoms in total. The molecule has 0 bridgehead atoms. The molecule has 21 heavy (non-hydrogen) atoms. The van der Waals surface area contributed by atoms with Gasteiger partial charge in [-0.25, -0.2) is 9.97 Å². The van der Waals surface area contributed by atoms with Gasteiger partial charge in [0.05, 0.1) is 25.5 Å². The van der Waals surface area contributed by atoms with Crippen LogP contribution in [0.1, 0.15) is 37.9 Å². The largest absolute Gasteiger partial charge is 0.478 e. The summed E-state index contributed by atoms with van der Waals surface area (Å²) >= 11 is 0. The number of hydrogen-bond acceptors (Lipinski definition) is 7. The molecule has 7 heteroatoms. The van der Waals surface area contributed by atoms with Crippen molar-refractivity contribution < 1.29 is 23.8 Å². The van der Waals surface area contributed by atoms with Crippen molar-refractivity contribution in [2.24, 2.45) is 0 Å². The number of hydrogen-bond donors (Lipinski definition) is 0. The maximum Gasteiger partial charge on any atom is 0.326 e. The molecule has 0 radical (unpaired) electrons. The monoisotopic (exact) mass is 296 g/mol. The van der Waals surface area contributed by atoms with Crippen molar-refractivity contribution in [2.45, 2.75) is 33.6 Å². The summed E-state index contributed by atoms with van der Waals surface area (Å²) in [7, 11) is 0. The highest BCUT2D eigenvalue weighted by atomic mass is 16.6. The fourth-order valence-corrected chi connectivity index (χ4v) is 1.79. The summed E-state index contributed by atoms with van der Waals surface area (Å²) in [5.74, 6) is -2.28. The van der Waals surface area contributed by atoms with Crippen LogP contribution < -0.4 is 4.74 Å². The van der Waals surface area contributed by atoms with Crippen molar-refractivity contribution in [1.29, 1.82) is 0 Å². The number of ether oxygens (including phenoxy) is 3. The highest BCUT2D eigenvalue weighted by molar-refractivity contribution is 6.00. The highest BCUT2D eigenvalue weighted by Crippen LogP contribution is 2.25. The van der Waals surface area contributed by atoms with Crippen LogP contribution in [0.25, 0.3) is 0 Å². The van der Waals surface area contributed by atoms with Gasteiger partial charge >= 0.3 is 11.9 Å². The van der Waals surface area contributed by atoms with Gasteiger partial charge in [-0.05, 0) is 27.7 Å². The molecule has 0 fully saturated rings. The second-order valence-corrected chi connectivity index (χ2v) is 4.06. The van der Waals surface area contributed by atoms with E-state index in [1.165, 1.54) is 6.33 Å². The van der Waals surface area contributed by atoms with Crippen LogP contribution in [0.3, 0.4) is 0 Å². The number of rotatable bonds is 7. The number of carbonyl (C=O) groups excluding carboxylic acids is 2. The van der Waals surface area contributed by atoms with Gasteiger partial charge in [0, 0.05) is 5.56 Å². The van der Waals surface area contributed by atoms with E-state index in [2.05, 4.69) is 9.97 Å². The molecule has 0 amide bonds. The molecule has 116 valence electrons. The molecule has 0 aliphatic carbocycles. The molecule has 1 aromatic heterocycles. The first-order valence-electron chi connectivity index (χ1n) is 6.84. The molecule has 0 saturated heterocycles. The lowest BCUT2D eigenvalue weighted by Crippen LogP contribution is -2.28. The third-order valence-electron chi connectivity index (χ3n) is 2.68. The Kier molecular flexibility index (Phi) is 6.58. The van der Waals surface area contributed by atoms with Crippen molar-refractivity contribution in [3.8, 4) is 5.88 Å². The Morgan fingerprint density at radius 2 is 1.62 bits per heavy atom. The molecule has 0 N–H and O–H groups in total. The molecule has 0 spiro atoms. The zero-order valence-corrected chi connectivity index (χ0v) is 12.7. The van der Waals surface area contributed by atoms with E-state index in [4.69, 9.17) is 14.2 Å². The van der Waals surface area contributed by atoms with Gasteiger partial charge in [0.15, 0.2) is 5.92 Å². The number of nitrogens with zero attached hydrogens (tertiary/aromatic N) is 2. The van der Waals surface area contributed by atoms with Crippen LogP contribution in [-0.4, -0.2) is 41.7 Å². The van der Waals surface area contributed by atoms with Gasteiger partial charge in [-0.15, -0.1) is 0 Å². The predicted octanol–water partition coefficient (Wildman–Crippen LogP) is 1.39. The molecule has 0 atom stereocenters. The van der Waals surface area contributed by atoms with Crippen LogP contribution in [0.15, 0.2) is 6.33 Å². The average Bonchev–Trinajstić information content (AvgIpc) is 2.44. The van der Waals surface area contributed by atoms with E-state index in [1.54, 1.807) is 20.8 Å². The Morgan fingerprint density at radius 1 is 1.05 bits per heavy atom. The van der Waals surface area contributed by atoms with E-state index in [1.807, 2.05) is 6.92 Å². The lowest BCUT2D eigenvalue weighted by molar-refractivity contribution is -0.157. The number of aromatic nitrogens is 2. The van der Waals surface area contributed by atoms with Gasteiger partial charge in [-0.1, -0.05) is 0 Å². The predicted molar refractivity (Wildman–Crippen MR) is 73.9 cm³/mol. The zero-order chi connectivity index (χ0) is 15.8. The molecule has 0 unspecified atom stereocenters. The molecular weight excluding hydrogens is 276 g/mol. The Labute approximate surface area is 123 Å². The summed E-state index contributed by atoms with van der Waals surface area (Å²) in [6.07, 6.45) is 1.25. The van der Waals surface area contributed by atoms with Crippen LogP contribution in [0.2, 0.25) is 0 Å². The molecule has 1 aromatic rings. The molecule has 0 aromatic carbocycles. The van der Waals surface area contributed by atoms with Gasteiger partial charge in [0.1, 0.15) is 6.33 Å². The summed E-state index contributed by atoms with van der Waals surface area (Å²) in [5.41, 5.74) is 0.760. The van der Waals surface area contributed by atoms with Gasteiger partial charge < -0.3 is 14.2 Å². The molecule has 0 aliphatic rings. The fourth-order valence-electron chi connectivity index (χ4n) is 1.79. The van der Waals surface area contributed by atoms with Crippen LogP contribution >= 0.6 is 0 Å². The van der Waals surface area contributed by atoms with Crippen LogP contribution in [0.5, 0.6) is 5.88 Å². The first-order chi connectivity index (χ1) is 10.1. The number of esters is 2. The normalized spacial score (nSPS) is 10.3. The summed E-state index contributed by atoms with van der Waals surface area (Å²) in [5, 5.41) is 0. The first-order valence-corrected chi connectivity index (χ1v) is 6.84. The van der Waals surface area contributed by atoms with Crippen molar-refractivity contribution >= 4 is 11.9 Å². The fraction of sp³-hybridized carbons (Fsp3) is 0.571. The quantitative estimate of drug-likeness (QED) is 0.555. The summed E-state index contributed by atoms with van der Waals surface area (Å²) in [6, 6.07) is 0. The van der Waals surface area contributed by atoms with Gasteiger partial charge in [-0.2, -0.15) is 0 Å². The van der Waals surface area contributed by atoms with Crippen molar-refractivity contribution in [2.75, 3.05) is 19.8 Å². The van der Waals surface area contributed by atoms with E-state index in [0.717, 1.165) is 0 Å². The van der Waals surface area contributed by atoms with Crippen LogP contribution in [0, 0.1) is 6.92 Å². The van der Waals surface area contributed by atoms with Crippen molar-refractivity contribution in [3.05, 3.63) is 17.6 Å². The van der Waals surface area contributed by atoms with Crippen molar-refractivity contribution in [3.63, 3.8) is 0 Å². The smallest absolute Gasteiger partial charge is 0.326 e. The molecule has 0 aliphatic heterocycles. The minimum atomic E-state index is -1.23. The topological polar surface area (TPSA) is 87.6 Å². The van der Waals surface area contributed by atoms with Gasteiger partial charge in [0.25, 0.3) is 0 Å². The Bertz CT molecular complexity index is 486. The standard InChI is InChI=1S/C14H20N2O5/c1-5-19-12-9(4)11(15-8-16-12)10(13(17)20-6-2)14(18)21-7-3/h8,10H,5-7H2,1-4H3. The van der Waals surface area contributed by atoms with Gasteiger partial charge in [-0.3, -0.25) is 9.59 Å². The number of carbonyl (C=O) groups is 2. The van der Waals surface area contributed by atoms with E-state index in [9.17, 15) is 9.59 Å². The first kappa shape index (κ1) is 16.9. The third kappa shape index (κ3) is 4.14. The van der Waals surface area contributed by atoms with E-state index in [-0.39, 0.29) is 18.9 Å². The van der Waals surface area contributed by atoms with Gasteiger partial charge in [0.2, 0.25) is 5.88 Å². The van der Waals surface area contributed by atoms with Crippen LogP contribution in [0.4, 0.5) is 0 Å². The Balaban J connectivity index is 3.22. The van der Waals surface area contributed by atoms with E-state index < -0.39 is 17.9 Å².